The number of aliphatic hydroxyl groups is 3. The number of phosphoric ester groups is 3. The lowest BCUT2D eigenvalue weighted by Gasteiger charge is -2.30. The van der Waals surface area contributed by atoms with Crippen LogP contribution in [-0.2, 0) is 55.5 Å². The molecular weight excluding hydrogens is 877 g/mol. The Hall–Kier alpha value is -2.85. The Morgan fingerprint density at radius 3 is 2.34 bits per heavy atom. The fraction of sp³-hybridized carbons (Fsp3) is 0.679. The summed E-state index contributed by atoms with van der Waals surface area (Å²) in [7, 11) is -16.5. The van der Waals surface area contributed by atoms with E-state index in [1.807, 2.05) is 0 Å². The Morgan fingerprint density at radius 2 is 1.69 bits per heavy atom. The standard InChI is InChI=1S/C28H47N8O19P3S/c1-14(37)16(29)8-15(38)9-19(40)59-7-6-31-18(39)4-5-32-26(43)23(42)28(2,3)11-52-58(49,50)55-57(47,48)51-10-17-22(54-56(44,45)46)21(41)27(53-17)36-13-35-20-24(30)33-12-34-25(20)36/h12-13,15-17,21-23,27,38,41-42H,4-11,29H2,1-3H3,(H,31,39)(H,32,43)(H,47,48)(H,49,50)(H2,30,33,34)(H2,44,45,46)/t15?,16?,17-,21-,22-,23+,27-/m1/s1. The second-order valence-corrected chi connectivity index (χ2v) is 19.0. The van der Waals surface area contributed by atoms with Gasteiger partial charge in [0.1, 0.15) is 42.0 Å². The van der Waals surface area contributed by atoms with Crippen LogP contribution in [0.2, 0.25) is 0 Å². The van der Waals surface area contributed by atoms with Gasteiger partial charge in [-0.1, -0.05) is 25.6 Å². The van der Waals surface area contributed by atoms with Gasteiger partial charge in [0, 0.05) is 37.1 Å². The first-order valence-corrected chi connectivity index (χ1v) is 22.7. The third-order valence-corrected chi connectivity index (χ3v) is 12.2. The first-order chi connectivity index (χ1) is 27.2. The zero-order chi connectivity index (χ0) is 44.5. The molecule has 0 spiro atoms. The van der Waals surface area contributed by atoms with Gasteiger partial charge in [-0.15, -0.1) is 0 Å². The van der Waals surface area contributed by atoms with Crippen molar-refractivity contribution in [1.82, 2.24) is 30.2 Å². The predicted octanol–water partition coefficient (Wildman–Crippen LogP) is -2.28. The lowest BCUT2D eigenvalue weighted by Crippen LogP contribution is -2.46. The molecule has 1 aliphatic rings. The number of anilines is 1. The molecule has 1 fully saturated rings. The van der Waals surface area contributed by atoms with E-state index in [0.717, 1.165) is 29.0 Å². The largest absolute Gasteiger partial charge is 0.481 e. The van der Waals surface area contributed by atoms with Crippen molar-refractivity contribution in [3.63, 3.8) is 0 Å². The second kappa shape index (κ2) is 21.3. The van der Waals surface area contributed by atoms with Gasteiger partial charge in [0.15, 0.2) is 22.8 Å². The number of imidazole rings is 1. The highest BCUT2D eigenvalue weighted by Gasteiger charge is 2.50. The number of ketones is 1. The molecule has 0 saturated carbocycles. The quantitative estimate of drug-likeness (QED) is 0.0390. The van der Waals surface area contributed by atoms with Gasteiger partial charge in [-0.2, -0.15) is 4.31 Å². The number of nitrogens with one attached hydrogen (secondary N) is 2. The van der Waals surface area contributed by atoms with Crippen LogP contribution in [0.4, 0.5) is 5.82 Å². The number of phosphoric acid groups is 3. The number of ether oxygens (including phenoxy) is 1. The number of carbonyl (C=O) groups excluding carboxylic acids is 4. The number of hydrogen-bond acceptors (Lipinski definition) is 21. The van der Waals surface area contributed by atoms with Crippen LogP contribution in [0.3, 0.4) is 0 Å². The second-order valence-electron chi connectivity index (χ2n) is 13.6. The van der Waals surface area contributed by atoms with Crippen molar-refractivity contribution in [2.45, 2.75) is 82.8 Å². The van der Waals surface area contributed by atoms with E-state index in [2.05, 4.69) is 34.4 Å². The lowest BCUT2D eigenvalue weighted by atomic mass is 9.87. The molecule has 4 unspecified atom stereocenters. The molecule has 334 valence electrons. The minimum Gasteiger partial charge on any atom is -0.393 e. The fourth-order valence-corrected chi connectivity index (χ4v) is 8.66. The molecule has 0 bridgehead atoms. The van der Waals surface area contributed by atoms with E-state index in [1.165, 1.54) is 20.8 Å². The molecule has 3 rings (SSSR count). The molecule has 3 heterocycles. The zero-order valence-corrected chi connectivity index (χ0v) is 35.1. The van der Waals surface area contributed by atoms with E-state index >= 15 is 0 Å². The number of nitrogens with zero attached hydrogens (tertiary/aromatic N) is 4. The van der Waals surface area contributed by atoms with E-state index in [4.69, 9.17) is 25.3 Å². The number of rotatable bonds is 24. The van der Waals surface area contributed by atoms with Gasteiger partial charge in [-0.05, 0) is 13.3 Å². The van der Waals surface area contributed by atoms with Crippen LogP contribution >= 0.6 is 35.2 Å². The fourth-order valence-electron chi connectivity index (χ4n) is 5.09. The molecule has 0 aliphatic carbocycles. The van der Waals surface area contributed by atoms with Gasteiger partial charge in [-0.25, -0.2) is 28.6 Å². The summed E-state index contributed by atoms with van der Waals surface area (Å²) < 4.78 is 62.0. The van der Waals surface area contributed by atoms with Gasteiger partial charge in [0.2, 0.25) is 11.8 Å². The Bertz CT molecular complexity index is 1950. The van der Waals surface area contributed by atoms with Crippen molar-refractivity contribution in [2.24, 2.45) is 11.1 Å². The average Bonchev–Trinajstić information content (AvgIpc) is 3.67. The van der Waals surface area contributed by atoms with Gasteiger partial charge in [0.05, 0.1) is 31.7 Å². The number of aliphatic hydroxyl groups excluding tert-OH is 3. The van der Waals surface area contributed by atoms with E-state index in [-0.39, 0.29) is 66.0 Å². The van der Waals surface area contributed by atoms with Crippen LogP contribution in [0, 0.1) is 5.41 Å². The first-order valence-electron chi connectivity index (χ1n) is 17.2. The molecule has 2 aromatic rings. The molecule has 2 aromatic heterocycles. The van der Waals surface area contributed by atoms with Crippen LogP contribution in [0.15, 0.2) is 12.7 Å². The molecule has 27 nitrogen and oxygen atoms in total. The number of nitrogen functional groups attached to an aromatic ring is 1. The molecule has 0 radical (unpaired) electrons. The normalized spacial score (nSPS) is 22.2. The van der Waals surface area contributed by atoms with Crippen LogP contribution in [0.1, 0.15) is 46.3 Å². The number of nitrogens with two attached hydrogens (primary N) is 2. The predicted molar refractivity (Wildman–Crippen MR) is 201 cm³/mol. The first kappa shape index (κ1) is 50.5. The summed E-state index contributed by atoms with van der Waals surface area (Å²) in [4.78, 5) is 98.8. The number of amides is 2. The van der Waals surface area contributed by atoms with Gasteiger partial charge >= 0.3 is 23.5 Å². The highest BCUT2D eigenvalue weighted by Crippen LogP contribution is 2.61. The summed E-state index contributed by atoms with van der Waals surface area (Å²) in [5.41, 5.74) is 9.75. The van der Waals surface area contributed by atoms with Crippen LogP contribution in [-0.4, -0.2) is 146 Å². The van der Waals surface area contributed by atoms with Crippen LogP contribution in [0.5, 0.6) is 0 Å². The molecule has 0 aromatic carbocycles. The van der Waals surface area contributed by atoms with E-state index in [1.54, 1.807) is 0 Å². The molecule has 31 heteroatoms. The van der Waals surface area contributed by atoms with Gasteiger partial charge < -0.3 is 61.7 Å². The SMILES string of the molecule is CC(=O)C(N)CC(O)CC(=O)SCCNC(=O)CCNC(=O)[C@H](O)C(C)(C)COP(=O)(O)OP(=O)(O)OC[C@H]1O[C@@H](n2cnc3c(N)ncnc32)[C@H](O)[C@@H]1OP(=O)(O)O. The smallest absolute Gasteiger partial charge is 0.393 e. The van der Waals surface area contributed by atoms with Crippen molar-refractivity contribution < 1.29 is 90.4 Å². The number of Topliss-reactive ketones (excluding diaryl/α,β-unsaturated/α-hetero) is 1. The van der Waals surface area contributed by atoms with Crippen molar-refractivity contribution >= 4 is 74.9 Å². The van der Waals surface area contributed by atoms with Crippen molar-refractivity contribution in [1.29, 1.82) is 0 Å². The summed E-state index contributed by atoms with van der Waals surface area (Å²) in [6.07, 6.45) is -8.52. The maximum absolute atomic E-state index is 12.7. The Morgan fingerprint density at radius 1 is 1.03 bits per heavy atom. The van der Waals surface area contributed by atoms with Crippen LogP contribution in [0.25, 0.3) is 11.2 Å². The molecular formula is C28H47N8O19P3S. The van der Waals surface area contributed by atoms with Crippen molar-refractivity contribution in [3.8, 4) is 0 Å². The lowest BCUT2D eigenvalue weighted by molar-refractivity contribution is -0.137. The molecule has 59 heavy (non-hydrogen) atoms. The summed E-state index contributed by atoms with van der Waals surface area (Å²) >= 11 is 0.848. The van der Waals surface area contributed by atoms with Crippen molar-refractivity contribution in [3.05, 3.63) is 12.7 Å². The number of thioether (sulfide) groups is 1. The highest BCUT2D eigenvalue weighted by atomic mass is 32.2. The minimum absolute atomic E-state index is 0.0179. The summed E-state index contributed by atoms with van der Waals surface area (Å²) in [6, 6.07) is -0.884. The summed E-state index contributed by atoms with van der Waals surface area (Å²) in [5.74, 6) is -1.76. The Kier molecular flexibility index (Phi) is 18.2. The highest BCUT2D eigenvalue weighted by molar-refractivity contribution is 8.13. The third kappa shape index (κ3) is 15.8. The summed E-state index contributed by atoms with van der Waals surface area (Å²) in [6.45, 7) is 1.45. The average molecular weight is 925 g/mol. The van der Waals surface area contributed by atoms with E-state index < -0.39 is 96.7 Å². The van der Waals surface area contributed by atoms with Gasteiger partial charge in [-0.3, -0.25) is 37.3 Å². The maximum Gasteiger partial charge on any atom is 0.481 e. The third-order valence-electron chi connectivity index (χ3n) is 8.22. The number of hydrogen-bond donors (Lipinski definition) is 11. The minimum atomic E-state index is -5.60. The molecule has 1 saturated heterocycles. The van der Waals surface area contributed by atoms with E-state index in [9.17, 15) is 67.8 Å². The molecule has 13 N–H and O–H groups in total. The molecule has 2 amide bonds. The number of fused-ring (bicyclic) bond motifs is 1. The molecule has 9 atom stereocenters. The Balaban J connectivity index is 1.45. The van der Waals surface area contributed by atoms with Gasteiger partial charge in [0.25, 0.3) is 0 Å². The monoisotopic (exact) mass is 924 g/mol. The van der Waals surface area contributed by atoms with Crippen molar-refractivity contribution in [2.75, 3.05) is 37.8 Å². The van der Waals surface area contributed by atoms with E-state index in [0.29, 0.717) is 0 Å². The maximum atomic E-state index is 12.7. The number of carbonyl (C=O) groups is 4. The molecule has 1 aliphatic heterocycles. The number of aromatic nitrogens is 4. The van der Waals surface area contributed by atoms with Crippen LogP contribution < -0.4 is 22.1 Å². The zero-order valence-electron chi connectivity index (χ0n) is 31.6. The Labute approximate surface area is 339 Å². The summed E-state index contributed by atoms with van der Waals surface area (Å²) in [5, 5.41) is 35.7. The topological polar surface area (TPSA) is 427 Å².